The summed E-state index contributed by atoms with van der Waals surface area (Å²) in [4.78, 5) is 25.6. The van der Waals surface area contributed by atoms with Gasteiger partial charge in [0.25, 0.3) is 0 Å². The lowest BCUT2D eigenvalue weighted by molar-refractivity contribution is -0.149. The first-order chi connectivity index (χ1) is 19.9. The molecule has 41 heavy (non-hydrogen) atoms. The maximum atomic E-state index is 12.8. The lowest BCUT2D eigenvalue weighted by atomic mass is 9.99. The predicted molar refractivity (Wildman–Crippen MR) is 166 cm³/mol. The Kier molecular flexibility index (Phi) is 13.5. The normalized spacial score (nSPS) is 12.7. The van der Waals surface area contributed by atoms with Crippen LogP contribution in [0, 0.1) is 0 Å². The molecule has 7 heteroatoms. The van der Waals surface area contributed by atoms with Gasteiger partial charge < -0.3 is 18.9 Å². The van der Waals surface area contributed by atoms with Crippen LogP contribution in [0.5, 0.6) is 11.5 Å². The molecule has 6 nitrogen and oxygen atoms in total. The van der Waals surface area contributed by atoms with E-state index in [1.165, 1.54) is 27.1 Å². The number of carbonyl (C=O) groups is 2. The quantitative estimate of drug-likeness (QED) is 0.0843. The van der Waals surface area contributed by atoms with Gasteiger partial charge in [-0.2, -0.15) is 0 Å². The van der Waals surface area contributed by atoms with Crippen molar-refractivity contribution in [3.63, 3.8) is 0 Å². The first-order valence-corrected chi connectivity index (χ1v) is 15.5. The molecule has 0 aliphatic rings. The summed E-state index contributed by atoms with van der Waals surface area (Å²) in [5.74, 6) is 0.302. The van der Waals surface area contributed by atoms with Crippen LogP contribution < -0.4 is 9.47 Å². The molecule has 0 N–H and O–H groups in total. The molecule has 0 amide bonds. The third-order valence-corrected chi connectivity index (χ3v) is 7.71. The average molecular weight is 585 g/mol. The van der Waals surface area contributed by atoms with E-state index in [2.05, 4.69) is 13.8 Å². The summed E-state index contributed by atoms with van der Waals surface area (Å²) in [5.41, 5.74) is 0. The number of halogens is 1. The lowest BCUT2D eigenvalue weighted by Crippen LogP contribution is -2.29. The highest BCUT2D eigenvalue weighted by atomic mass is 35.5. The molecule has 0 saturated carbocycles. The van der Waals surface area contributed by atoms with E-state index in [1.54, 1.807) is 6.07 Å². The molecule has 0 radical (unpaired) electrons. The van der Waals surface area contributed by atoms with Crippen molar-refractivity contribution in [3.05, 3.63) is 47.5 Å². The maximum absolute atomic E-state index is 12.8. The van der Waals surface area contributed by atoms with Crippen molar-refractivity contribution in [2.45, 2.75) is 103 Å². The molecule has 0 aliphatic carbocycles. The topological polar surface area (TPSA) is 71.1 Å². The minimum atomic E-state index is -0.759. The minimum absolute atomic E-state index is 0.402. The van der Waals surface area contributed by atoms with Crippen molar-refractivity contribution < 1.29 is 28.5 Å². The first-order valence-electron chi connectivity index (χ1n) is 15.1. The first kappa shape index (κ1) is 32.5. The molecular formula is C34H45ClO6. The molecule has 2 unspecified atom stereocenters. The number of carbonyl (C=O) groups excluding carboxylic acids is 2. The monoisotopic (exact) mass is 584 g/mol. The number of fused-ring (bicyclic) bond motifs is 2. The number of hydrogen-bond donors (Lipinski definition) is 0. The van der Waals surface area contributed by atoms with E-state index in [9.17, 15) is 9.59 Å². The fraction of sp³-hybridized carbons (Fsp3) is 0.529. The Bertz CT molecular complexity index is 1270. The largest absolute Gasteiger partial charge is 0.477 e. The van der Waals surface area contributed by atoms with Crippen LogP contribution in [0.25, 0.3) is 21.5 Å². The third kappa shape index (κ3) is 9.00. The van der Waals surface area contributed by atoms with Crippen LogP contribution in [0.2, 0.25) is 5.02 Å². The Morgan fingerprint density at radius 3 is 1.54 bits per heavy atom. The third-order valence-electron chi connectivity index (χ3n) is 7.48. The Morgan fingerprint density at radius 1 is 0.634 bits per heavy atom. The second-order valence-corrected chi connectivity index (χ2v) is 11.0. The molecule has 3 rings (SSSR count). The second-order valence-electron chi connectivity index (χ2n) is 10.6. The van der Waals surface area contributed by atoms with E-state index in [0.29, 0.717) is 34.7 Å². The number of benzene rings is 3. The van der Waals surface area contributed by atoms with Crippen LogP contribution in [0.3, 0.4) is 0 Å². The standard InChI is InChI=1S/C34H45ClO6/c1-5-7-9-11-13-19-29(33(36)38-3)40-31-25-17-15-16-18-26(25)32(28-23-24(35)21-22-27(28)31)41-30(34(37)39-4)20-14-12-10-8-6-2/h15-18,21-23,29-30H,5-14,19-20H2,1-4H3. The highest BCUT2D eigenvalue weighted by Crippen LogP contribution is 2.45. The van der Waals surface area contributed by atoms with Gasteiger partial charge in [-0.3, -0.25) is 0 Å². The number of rotatable bonds is 18. The molecule has 3 aromatic carbocycles. The smallest absolute Gasteiger partial charge is 0.347 e. The SMILES string of the molecule is CCCCCCCC(Oc1c2ccccc2c(OC(CCCCCCC)C(=O)OC)c2cc(Cl)ccc12)C(=O)OC. The second kappa shape index (κ2) is 17.1. The van der Waals surface area contributed by atoms with E-state index < -0.39 is 24.1 Å². The molecule has 0 fully saturated rings. The highest BCUT2D eigenvalue weighted by molar-refractivity contribution is 6.31. The van der Waals surface area contributed by atoms with E-state index >= 15 is 0 Å². The van der Waals surface area contributed by atoms with E-state index in [1.807, 2.05) is 36.4 Å². The van der Waals surface area contributed by atoms with Crippen molar-refractivity contribution in [1.82, 2.24) is 0 Å². The Hall–Kier alpha value is -2.99. The van der Waals surface area contributed by atoms with Crippen LogP contribution in [-0.4, -0.2) is 38.4 Å². The number of unbranched alkanes of at least 4 members (excludes halogenated alkanes) is 8. The molecule has 0 spiro atoms. The summed E-state index contributed by atoms with van der Waals surface area (Å²) in [6.07, 6.45) is 10.3. The van der Waals surface area contributed by atoms with Gasteiger partial charge in [-0.1, -0.05) is 101 Å². The van der Waals surface area contributed by atoms with Gasteiger partial charge in [-0.15, -0.1) is 0 Å². The van der Waals surface area contributed by atoms with Gasteiger partial charge in [0.05, 0.1) is 14.2 Å². The van der Waals surface area contributed by atoms with E-state index in [4.69, 9.17) is 30.5 Å². The average Bonchev–Trinajstić information content (AvgIpc) is 2.99. The van der Waals surface area contributed by atoms with Crippen LogP contribution in [0.4, 0.5) is 0 Å². The molecule has 0 bridgehead atoms. The summed E-state index contributed by atoms with van der Waals surface area (Å²) in [7, 11) is 2.77. The number of hydrogen-bond acceptors (Lipinski definition) is 6. The van der Waals surface area contributed by atoms with Gasteiger partial charge in [0.15, 0.2) is 12.2 Å². The van der Waals surface area contributed by atoms with Crippen molar-refractivity contribution >= 4 is 45.1 Å². The summed E-state index contributed by atoms with van der Waals surface area (Å²) in [6, 6.07) is 13.2. The zero-order valence-corrected chi connectivity index (χ0v) is 25.8. The Morgan fingerprint density at radius 2 is 1.07 bits per heavy atom. The number of ether oxygens (including phenoxy) is 4. The van der Waals surface area contributed by atoms with E-state index in [0.717, 1.165) is 67.5 Å². The molecular weight excluding hydrogens is 540 g/mol. The molecule has 0 aliphatic heterocycles. The predicted octanol–water partition coefficient (Wildman–Crippen LogP) is 9.21. The van der Waals surface area contributed by atoms with Crippen LogP contribution in [0.15, 0.2) is 42.5 Å². The molecule has 3 aromatic rings. The van der Waals surface area contributed by atoms with Gasteiger partial charge in [-0.05, 0) is 43.9 Å². The van der Waals surface area contributed by atoms with Crippen molar-refractivity contribution in [2.75, 3.05) is 14.2 Å². The molecule has 2 atom stereocenters. The molecule has 0 saturated heterocycles. The van der Waals surface area contributed by atoms with Crippen molar-refractivity contribution in [1.29, 1.82) is 0 Å². The number of esters is 2. The van der Waals surface area contributed by atoms with Gasteiger partial charge in [0, 0.05) is 26.6 Å². The Labute approximate surface area is 249 Å². The molecule has 0 heterocycles. The fourth-order valence-electron chi connectivity index (χ4n) is 5.19. The van der Waals surface area contributed by atoms with Crippen LogP contribution in [0.1, 0.15) is 90.9 Å². The maximum Gasteiger partial charge on any atom is 0.347 e. The zero-order chi connectivity index (χ0) is 29.6. The summed E-state index contributed by atoms with van der Waals surface area (Å²) in [6.45, 7) is 4.35. The molecule has 224 valence electrons. The lowest BCUT2D eigenvalue weighted by Gasteiger charge is -2.24. The summed E-state index contributed by atoms with van der Waals surface area (Å²) < 4.78 is 23.3. The summed E-state index contributed by atoms with van der Waals surface area (Å²) in [5, 5.41) is 3.53. The fourth-order valence-corrected chi connectivity index (χ4v) is 5.36. The van der Waals surface area contributed by atoms with Crippen LogP contribution in [-0.2, 0) is 19.1 Å². The van der Waals surface area contributed by atoms with E-state index in [-0.39, 0.29) is 0 Å². The highest BCUT2D eigenvalue weighted by Gasteiger charge is 2.27. The van der Waals surface area contributed by atoms with Gasteiger partial charge in [-0.25, -0.2) is 9.59 Å². The minimum Gasteiger partial charge on any atom is -0.477 e. The van der Waals surface area contributed by atoms with Gasteiger partial charge in [0.2, 0.25) is 0 Å². The van der Waals surface area contributed by atoms with Gasteiger partial charge >= 0.3 is 11.9 Å². The number of methoxy groups -OCH3 is 2. The van der Waals surface area contributed by atoms with Gasteiger partial charge in [0.1, 0.15) is 11.5 Å². The summed E-state index contributed by atoms with van der Waals surface area (Å²) >= 11 is 6.48. The van der Waals surface area contributed by atoms with Crippen molar-refractivity contribution in [2.24, 2.45) is 0 Å². The Balaban J connectivity index is 2.04. The van der Waals surface area contributed by atoms with Crippen LogP contribution >= 0.6 is 11.6 Å². The zero-order valence-electron chi connectivity index (χ0n) is 25.0. The van der Waals surface area contributed by atoms with Crippen molar-refractivity contribution in [3.8, 4) is 11.5 Å². The molecule has 0 aromatic heterocycles.